The number of aliphatic hydroxyl groups excluding tert-OH is 1. The summed E-state index contributed by atoms with van der Waals surface area (Å²) in [4.78, 5) is 28.4. The third kappa shape index (κ3) is 6.13. The Balaban J connectivity index is 1.37. The summed E-state index contributed by atoms with van der Waals surface area (Å²) in [5.74, 6) is -1.42. The number of ketones is 1. The number of aryl methyl sites for hydroxylation is 1. The zero-order valence-corrected chi connectivity index (χ0v) is 25.1. The van der Waals surface area contributed by atoms with E-state index in [9.17, 15) is 19.1 Å². The van der Waals surface area contributed by atoms with Crippen molar-refractivity contribution in [2.75, 3.05) is 4.90 Å². The Hall–Kier alpha value is -4.80. The van der Waals surface area contributed by atoms with Crippen LogP contribution in [-0.2, 0) is 21.9 Å². The van der Waals surface area contributed by atoms with Gasteiger partial charge in [-0.05, 0) is 41.8 Å². The standard InChI is InChI=1S/C34H26FN3O4S2/c1-21-14-16-23(17-15-21)30(39)28-29(24-11-7-12-26(18-24)42-19-22-8-3-2-4-9-22)38(32(41)31(28)40)33-36-37-34(44-33)43-20-25-10-5-6-13-27(25)35/h2-18,29,39H,19-20H2,1H3. The van der Waals surface area contributed by atoms with Crippen LogP contribution >= 0.6 is 23.1 Å². The molecule has 6 rings (SSSR count). The summed E-state index contributed by atoms with van der Waals surface area (Å²) in [6.07, 6.45) is 0. The van der Waals surface area contributed by atoms with Crippen LogP contribution in [0.2, 0.25) is 0 Å². The van der Waals surface area contributed by atoms with Gasteiger partial charge in [0.1, 0.15) is 23.9 Å². The Morgan fingerprint density at radius 3 is 2.48 bits per heavy atom. The predicted molar refractivity (Wildman–Crippen MR) is 169 cm³/mol. The molecule has 44 heavy (non-hydrogen) atoms. The summed E-state index contributed by atoms with van der Waals surface area (Å²) in [5, 5.41) is 20.1. The summed E-state index contributed by atoms with van der Waals surface area (Å²) in [5.41, 5.74) is 3.39. The first-order chi connectivity index (χ1) is 21.4. The lowest BCUT2D eigenvalue weighted by atomic mass is 9.95. The Kier molecular flexibility index (Phi) is 8.53. The highest BCUT2D eigenvalue weighted by molar-refractivity contribution is 8.00. The van der Waals surface area contributed by atoms with E-state index in [4.69, 9.17) is 4.74 Å². The second-order valence-electron chi connectivity index (χ2n) is 10.1. The van der Waals surface area contributed by atoms with E-state index in [1.165, 1.54) is 22.7 Å². The van der Waals surface area contributed by atoms with Crippen molar-refractivity contribution in [3.8, 4) is 5.75 Å². The number of Topliss-reactive ketones (excluding diaryl/α,β-unsaturated/α-hetero) is 1. The van der Waals surface area contributed by atoms with Crippen LogP contribution in [-0.4, -0.2) is 27.0 Å². The lowest BCUT2D eigenvalue weighted by Crippen LogP contribution is -2.29. The average Bonchev–Trinajstić information content (AvgIpc) is 3.62. The highest BCUT2D eigenvalue weighted by atomic mass is 32.2. The Bertz CT molecular complexity index is 1860. The van der Waals surface area contributed by atoms with Crippen LogP contribution in [0.1, 0.15) is 33.9 Å². The van der Waals surface area contributed by atoms with Crippen molar-refractivity contribution in [1.82, 2.24) is 10.2 Å². The third-order valence-corrected chi connectivity index (χ3v) is 9.21. The van der Waals surface area contributed by atoms with E-state index in [0.717, 1.165) is 22.5 Å². The number of amides is 1. The molecule has 10 heteroatoms. The van der Waals surface area contributed by atoms with Gasteiger partial charge < -0.3 is 9.84 Å². The molecule has 1 aromatic heterocycles. The van der Waals surface area contributed by atoms with Crippen LogP contribution in [0.15, 0.2) is 113 Å². The molecule has 1 atom stereocenters. The predicted octanol–water partition coefficient (Wildman–Crippen LogP) is 7.48. The molecule has 0 saturated carbocycles. The van der Waals surface area contributed by atoms with Crippen LogP contribution in [0.5, 0.6) is 5.75 Å². The zero-order valence-electron chi connectivity index (χ0n) is 23.5. The molecule has 0 bridgehead atoms. The van der Waals surface area contributed by atoms with Crippen molar-refractivity contribution in [2.24, 2.45) is 0 Å². The van der Waals surface area contributed by atoms with Gasteiger partial charge in [0.05, 0.1) is 11.6 Å². The molecule has 4 aromatic carbocycles. The van der Waals surface area contributed by atoms with Gasteiger partial charge in [0.25, 0.3) is 5.78 Å². The number of hydrogen-bond acceptors (Lipinski definition) is 8. The monoisotopic (exact) mass is 623 g/mol. The third-order valence-electron chi connectivity index (χ3n) is 7.10. The lowest BCUT2D eigenvalue weighted by molar-refractivity contribution is -0.132. The molecule has 1 amide bonds. The summed E-state index contributed by atoms with van der Waals surface area (Å²) < 4.78 is 20.7. The van der Waals surface area contributed by atoms with E-state index in [0.29, 0.717) is 39.1 Å². The molecule has 5 aromatic rings. The maximum absolute atomic E-state index is 14.2. The summed E-state index contributed by atoms with van der Waals surface area (Å²) in [6.45, 7) is 2.24. The van der Waals surface area contributed by atoms with Crippen molar-refractivity contribution in [1.29, 1.82) is 0 Å². The van der Waals surface area contributed by atoms with Crippen molar-refractivity contribution in [3.05, 3.63) is 142 Å². The summed E-state index contributed by atoms with van der Waals surface area (Å²) in [6, 6.07) is 29.3. The van der Waals surface area contributed by atoms with Gasteiger partial charge in [-0.3, -0.25) is 14.5 Å². The first kappa shape index (κ1) is 29.3. The number of carbonyl (C=O) groups excluding carboxylic acids is 2. The maximum Gasteiger partial charge on any atom is 0.301 e. The molecule has 1 saturated heterocycles. The summed E-state index contributed by atoms with van der Waals surface area (Å²) >= 11 is 2.40. The van der Waals surface area contributed by atoms with Gasteiger partial charge in [-0.2, -0.15) is 0 Å². The molecular formula is C34H26FN3O4S2. The Labute approximate surface area is 261 Å². The molecule has 1 aliphatic heterocycles. The zero-order chi connectivity index (χ0) is 30.6. The van der Waals surface area contributed by atoms with Gasteiger partial charge in [0.2, 0.25) is 5.13 Å². The Morgan fingerprint density at radius 2 is 1.70 bits per heavy atom. The van der Waals surface area contributed by atoms with Crippen LogP contribution in [0, 0.1) is 12.7 Å². The number of anilines is 1. The van der Waals surface area contributed by atoms with Gasteiger partial charge in [-0.15, -0.1) is 10.2 Å². The van der Waals surface area contributed by atoms with E-state index in [1.54, 1.807) is 54.6 Å². The minimum atomic E-state index is -0.992. The fourth-order valence-electron chi connectivity index (χ4n) is 4.84. The first-order valence-electron chi connectivity index (χ1n) is 13.7. The maximum atomic E-state index is 14.2. The molecule has 0 spiro atoms. The average molecular weight is 624 g/mol. The molecule has 0 aliphatic carbocycles. The number of thioether (sulfide) groups is 1. The largest absolute Gasteiger partial charge is 0.507 e. The van der Waals surface area contributed by atoms with Gasteiger partial charge >= 0.3 is 5.91 Å². The van der Waals surface area contributed by atoms with E-state index < -0.39 is 17.7 Å². The first-order valence-corrected chi connectivity index (χ1v) is 15.5. The molecule has 0 radical (unpaired) electrons. The number of halogens is 1. The second-order valence-corrected chi connectivity index (χ2v) is 12.3. The number of aromatic nitrogens is 2. The molecule has 7 nitrogen and oxygen atoms in total. The molecule has 1 aliphatic rings. The second kappa shape index (κ2) is 12.8. The quantitative estimate of drug-likeness (QED) is 0.0598. The highest BCUT2D eigenvalue weighted by Crippen LogP contribution is 2.44. The highest BCUT2D eigenvalue weighted by Gasteiger charge is 2.48. The number of carbonyl (C=O) groups is 2. The minimum Gasteiger partial charge on any atom is -0.507 e. The number of benzene rings is 4. The number of rotatable bonds is 9. The fraction of sp³-hybridized carbons (Fsp3) is 0.118. The smallest absolute Gasteiger partial charge is 0.301 e. The number of ether oxygens (including phenoxy) is 1. The SMILES string of the molecule is Cc1ccc(C(O)=C2C(=O)C(=O)N(c3nnc(SCc4ccccc4F)s3)C2c2cccc(OCc3ccccc3)c2)cc1. The van der Waals surface area contributed by atoms with Crippen molar-refractivity contribution < 1.29 is 23.8 Å². The van der Waals surface area contributed by atoms with E-state index in [2.05, 4.69) is 10.2 Å². The Morgan fingerprint density at radius 1 is 0.955 bits per heavy atom. The number of hydrogen-bond donors (Lipinski definition) is 1. The minimum absolute atomic E-state index is 0.0603. The van der Waals surface area contributed by atoms with Crippen molar-refractivity contribution in [2.45, 2.75) is 29.7 Å². The molecule has 1 fully saturated rings. The number of aliphatic hydroxyl groups is 1. The van der Waals surface area contributed by atoms with Crippen molar-refractivity contribution in [3.63, 3.8) is 0 Å². The van der Waals surface area contributed by atoms with Crippen LogP contribution in [0.25, 0.3) is 5.76 Å². The van der Waals surface area contributed by atoms with E-state index in [1.807, 2.05) is 49.4 Å². The van der Waals surface area contributed by atoms with Gasteiger partial charge in [0, 0.05) is 11.3 Å². The van der Waals surface area contributed by atoms with Crippen LogP contribution < -0.4 is 9.64 Å². The van der Waals surface area contributed by atoms with Crippen molar-refractivity contribution >= 4 is 45.7 Å². The molecule has 220 valence electrons. The number of nitrogens with zero attached hydrogens (tertiary/aromatic N) is 3. The van der Waals surface area contributed by atoms with Gasteiger partial charge in [0.15, 0.2) is 4.34 Å². The van der Waals surface area contributed by atoms with Gasteiger partial charge in [-0.1, -0.05) is 114 Å². The van der Waals surface area contributed by atoms with Crippen LogP contribution in [0.3, 0.4) is 0 Å². The molecule has 1 unspecified atom stereocenters. The molecular weight excluding hydrogens is 598 g/mol. The molecule has 1 N–H and O–H groups in total. The van der Waals surface area contributed by atoms with E-state index in [-0.39, 0.29) is 22.3 Å². The normalized spacial score (nSPS) is 16.0. The van der Waals surface area contributed by atoms with E-state index >= 15 is 0 Å². The van der Waals surface area contributed by atoms with Gasteiger partial charge in [-0.25, -0.2) is 4.39 Å². The topological polar surface area (TPSA) is 92.6 Å². The van der Waals surface area contributed by atoms with Crippen LogP contribution in [0.4, 0.5) is 9.52 Å². The molecule has 2 heterocycles. The fourth-order valence-corrected chi connectivity index (χ4v) is 6.69. The lowest BCUT2D eigenvalue weighted by Gasteiger charge is -2.23. The summed E-state index contributed by atoms with van der Waals surface area (Å²) in [7, 11) is 0.